The molecule has 6 amide bonds. The Morgan fingerprint density at radius 3 is 1.78 bits per heavy atom. The highest BCUT2D eigenvalue weighted by Gasteiger charge is 2.33. The molecule has 0 radical (unpaired) electrons. The van der Waals surface area contributed by atoms with Gasteiger partial charge in [0.2, 0.25) is 35.4 Å². The Morgan fingerprint density at radius 1 is 0.776 bits per heavy atom. The van der Waals surface area contributed by atoms with Crippen LogP contribution in [0.3, 0.4) is 0 Å². The zero-order chi connectivity index (χ0) is 37.1. The molecule has 1 rings (SSSR count). The average Bonchev–Trinajstić information content (AvgIpc) is 3.55. The fraction of sp³-hybridized carbons (Fsp3) is 0.655. The lowest BCUT2D eigenvalue weighted by molar-refractivity contribution is -0.142. The van der Waals surface area contributed by atoms with E-state index in [1.807, 2.05) is 0 Å². The van der Waals surface area contributed by atoms with Gasteiger partial charge in [-0.1, -0.05) is 13.8 Å². The van der Waals surface area contributed by atoms with Gasteiger partial charge in [-0.25, -0.2) is 9.78 Å². The highest BCUT2D eigenvalue weighted by molar-refractivity contribution is 5.96. The van der Waals surface area contributed by atoms with E-state index in [0.29, 0.717) is 18.5 Å². The summed E-state index contributed by atoms with van der Waals surface area (Å²) in [7, 11) is 0. The van der Waals surface area contributed by atoms with Crippen LogP contribution in [0.25, 0.3) is 0 Å². The van der Waals surface area contributed by atoms with E-state index < -0.39 is 90.9 Å². The number of aliphatic carboxylic acids is 1. The van der Waals surface area contributed by atoms with E-state index in [1.165, 1.54) is 12.5 Å². The summed E-state index contributed by atoms with van der Waals surface area (Å²) in [6.07, 6.45) is 3.32. The Labute approximate surface area is 283 Å². The van der Waals surface area contributed by atoms with Crippen molar-refractivity contribution < 1.29 is 48.9 Å². The molecule has 0 saturated carbocycles. The number of imidazole rings is 1. The van der Waals surface area contributed by atoms with Crippen LogP contribution in [-0.2, 0) is 40.0 Å². The fourth-order valence-corrected chi connectivity index (χ4v) is 4.49. The second-order valence-electron chi connectivity index (χ2n) is 11.8. The monoisotopic (exact) mass is 698 g/mol. The maximum Gasteiger partial charge on any atom is 0.326 e. The summed E-state index contributed by atoms with van der Waals surface area (Å²) in [5, 5.41) is 40.9. The molecule has 0 aromatic carbocycles. The van der Waals surface area contributed by atoms with Crippen molar-refractivity contribution in [2.24, 2.45) is 23.1 Å². The van der Waals surface area contributed by atoms with E-state index in [4.69, 9.17) is 17.2 Å². The second-order valence-corrected chi connectivity index (χ2v) is 11.8. The van der Waals surface area contributed by atoms with Crippen molar-refractivity contribution in [1.29, 1.82) is 0 Å². The number of nitrogens with two attached hydrogens (primary N) is 3. The minimum Gasteiger partial charge on any atom is -0.480 e. The normalized spacial score (nSPS) is 14.8. The fourth-order valence-electron chi connectivity index (χ4n) is 4.49. The predicted molar refractivity (Wildman–Crippen MR) is 173 cm³/mol. The molecule has 0 bridgehead atoms. The van der Waals surface area contributed by atoms with Gasteiger partial charge in [0.15, 0.2) is 0 Å². The van der Waals surface area contributed by atoms with Crippen LogP contribution >= 0.6 is 0 Å². The summed E-state index contributed by atoms with van der Waals surface area (Å²) in [4.78, 5) is 94.5. The first-order chi connectivity index (χ1) is 23.1. The minimum atomic E-state index is -1.63. The first-order valence-corrected chi connectivity index (χ1v) is 15.8. The summed E-state index contributed by atoms with van der Waals surface area (Å²) in [5.41, 5.74) is 17.0. The summed E-state index contributed by atoms with van der Waals surface area (Å²) < 4.78 is 0. The smallest absolute Gasteiger partial charge is 0.326 e. The van der Waals surface area contributed by atoms with E-state index in [2.05, 4.69) is 36.6 Å². The van der Waals surface area contributed by atoms with Crippen molar-refractivity contribution in [3.63, 3.8) is 0 Å². The number of nitrogens with zero attached hydrogens (tertiary/aromatic N) is 1. The highest BCUT2D eigenvalue weighted by atomic mass is 16.4. The Kier molecular flexibility index (Phi) is 19.1. The Balaban J connectivity index is 3.02. The Morgan fingerprint density at radius 2 is 1.29 bits per heavy atom. The first kappa shape index (κ1) is 42.4. The standard InChI is InChI=1S/C29H50N10O10/c1-15(2)9-20(26(45)36-19(29(48)49)6-7-23(32)42)37-25(44)18(5-3-4-8-30)35-27(46)22(13-41)39-28(47)21(12-40)38-24(43)17(31)10-16-11-33-14-34-16/h11,14-15,17-22,40-41H,3-10,12-13,30-31H2,1-2H3,(H2,32,42)(H,33,34)(H,35,46)(H,36,45)(H,37,44)(H,38,43)(H,39,47)(H,48,49)/t17-,18-,19-,20-,21-,22-/m0/s1. The van der Waals surface area contributed by atoms with Crippen LogP contribution in [0.5, 0.6) is 0 Å². The number of hydrogen-bond donors (Lipinski definition) is 12. The van der Waals surface area contributed by atoms with Crippen molar-refractivity contribution in [2.45, 2.75) is 95.0 Å². The van der Waals surface area contributed by atoms with Gasteiger partial charge in [-0.05, 0) is 44.6 Å². The van der Waals surface area contributed by atoms with Crippen molar-refractivity contribution in [3.05, 3.63) is 18.2 Å². The molecule has 20 nitrogen and oxygen atoms in total. The first-order valence-electron chi connectivity index (χ1n) is 15.8. The number of rotatable bonds is 24. The summed E-state index contributed by atoms with van der Waals surface area (Å²) in [6, 6.07) is -8.28. The zero-order valence-corrected chi connectivity index (χ0v) is 27.6. The van der Waals surface area contributed by atoms with Crippen LogP contribution in [0.1, 0.15) is 58.1 Å². The predicted octanol–water partition coefficient (Wildman–Crippen LogP) is -4.79. The van der Waals surface area contributed by atoms with Crippen molar-refractivity contribution in [3.8, 4) is 0 Å². The Bertz CT molecular complexity index is 1250. The number of carboxylic acid groups (broad SMARTS) is 1. The molecule has 49 heavy (non-hydrogen) atoms. The summed E-state index contributed by atoms with van der Waals surface area (Å²) in [5.74, 6) is -6.79. The van der Waals surface area contributed by atoms with Gasteiger partial charge in [-0.3, -0.25) is 28.8 Å². The molecule has 0 aliphatic heterocycles. The number of aliphatic hydroxyl groups excluding tert-OH is 2. The Hall–Kier alpha value is -4.66. The van der Waals surface area contributed by atoms with Crippen LogP contribution < -0.4 is 43.8 Å². The number of carbonyl (C=O) groups is 7. The third kappa shape index (κ3) is 15.9. The van der Waals surface area contributed by atoms with Crippen molar-refractivity contribution in [2.75, 3.05) is 19.8 Å². The molecule has 1 heterocycles. The lowest BCUT2D eigenvalue weighted by atomic mass is 10.0. The van der Waals surface area contributed by atoms with Crippen LogP contribution in [0, 0.1) is 5.92 Å². The van der Waals surface area contributed by atoms with Crippen LogP contribution in [0.15, 0.2) is 12.5 Å². The lowest BCUT2D eigenvalue weighted by Gasteiger charge is -2.27. The van der Waals surface area contributed by atoms with Crippen molar-refractivity contribution in [1.82, 2.24) is 36.6 Å². The van der Waals surface area contributed by atoms with Gasteiger partial charge in [-0.15, -0.1) is 0 Å². The third-order valence-electron chi connectivity index (χ3n) is 7.17. The van der Waals surface area contributed by atoms with Crippen LogP contribution in [-0.4, -0.2) is 123 Å². The summed E-state index contributed by atoms with van der Waals surface area (Å²) >= 11 is 0. The number of primary amides is 1. The molecule has 0 fully saturated rings. The molecule has 1 aromatic rings. The van der Waals surface area contributed by atoms with Crippen molar-refractivity contribution >= 4 is 41.4 Å². The van der Waals surface area contributed by atoms with Crippen LogP contribution in [0.4, 0.5) is 0 Å². The number of carboxylic acids is 1. The molecule has 20 heteroatoms. The highest BCUT2D eigenvalue weighted by Crippen LogP contribution is 2.09. The molecule has 6 atom stereocenters. The molecule has 0 spiro atoms. The quantitative estimate of drug-likeness (QED) is 0.0452. The molecule has 0 aliphatic carbocycles. The molecule has 0 aliphatic rings. The van der Waals surface area contributed by atoms with Gasteiger partial charge in [0, 0.05) is 19.0 Å². The maximum atomic E-state index is 13.4. The lowest BCUT2D eigenvalue weighted by Crippen LogP contribution is -2.60. The number of hydrogen-bond acceptors (Lipinski definition) is 12. The number of carbonyl (C=O) groups excluding carboxylic acids is 6. The van der Waals surface area contributed by atoms with Crippen LogP contribution in [0.2, 0.25) is 0 Å². The van der Waals surface area contributed by atoms with Gasteiger partial charge in [-0.2, -0.15) is 0 Å². The second kappa shape index (κ2) is 22.1. The van der Waals surface area contributed by atoms with E-state index in [0.717, 1.165) is 0 Å². The molecular weight excluding hydrogens is 648 g/mol. The van der Waals surface area contributed by atoms with E-state index in [9.17, 15) is 48.9 Å². The van der Waals surface area contributed by atoms with Gasteiger partial charge in [0.25, 0.3) is 0 Å². The number of H-pyrrole nitrogens is 1. The molecular formula is C29H50N10O10. The summed E-state index contributed by atoms with van der Waals surface area (Å²) in [6.45, 7) is 1.99. The van der Waals surface area contributed by atoms with Gasteiger partial charge in [0.05, 0.1) is 31.3 Å². The SMILES string of the molecule is CC(C)C[C@H](NC(=O)[C@H](CCCCN)NC(=O)[C@H](CO)NC(=O)[C@H](CO)NC(=O)[C@@H](N)Cc1c[nH]cn1)C(=O)N[C@@H](CCC(N)=O)C(=O)O. The third-order valence-corrected chi connectivity index (χ3v) is 7.17. The maximum absolute atomic E-state index is 13.4. The molecule has 276 valence electrons. The zero-order valence-electron chi connectivity index (χ0n) is 27.6. The van der Waals surface area contributed by atoms with E-state index in [-0.39, 0.29) is 44.6 Å². The number of unbranched alkanes of at least 4 members (excludes halogenated alkanes) is 1. The minimum absolute atomic E-state index is 0.0273. The number of aromatic nitrogens is 2. The van der Waals surface area contributed by atoms with Gasteiger partial charge < -0.3 is 64.1 Å². The topological polar surface area (TPSA) is 347 Å². The number of nitrogens with one attached hydrogen (secondary N) is 6. The average molecular weight is 699 g/mol. The molecule has 15 N–H and O–H groups in total. The molecule has 0 unspecified atom stereocenters. The molecule has 0 saturated heterocycles. The van der Waals surface area contributed by atoms with Gasteiger partial charge >= 0.3 is 5.97 Å². The van der Waals surface area contributed by atoms with Gasteiger partial charge in [0.1, 0.15) is 30.2 Å². The van der Waals surface area contributed by atoms with E-state index in [1.54, 1.807) is 13.8 Å². The molecule has 1 aromatic heterocycles. The number of amides is 6. The number of aliphatic hydroxyl groups is 2. The largest absolute Gasteiger partial charge is 0.480 e. The van der Waals surface area contributed by atoms with E-state index >= 15 is 0 Å². The number of aromatic amines is 1.